The molecule has 15 heteroatoms. The predicted molar refractivity (Wildman–Crippen MR) is 152 cm³/mol. The maximum absolute atomic E-state index is 15.0. The Morgan fingerprint density at radius 1 is 1.14 bits per heavy atom. The third-order valence-electron chi connectivity index (χ3n) is 7.98. The summed E-state index contributed by atoms with van der Waals surface area (Å²) in [7, 11) is -3.10. The van der Waals surface area contributed by atoms with Crippen LogP contribution in [0.15, 0.2) is 47.0 Å². The quantitative estimate of drug-likeness (QED) is 0.224. The maximum atomic E-state index is 15.0. The maximum Gasteiger partial charge on any atom is 0.267 e. The van der Waals surface area contributed by atoms with Crippen molar-refractivity contribution < 1.29 is 40.9 Å². The third-order valence-corrected chi connectivity index (χ3v) is 8.78. The van der Waals surface area contributed by atoms with Crippen molar-refractivity contribution in [2.45, 2.75) is 11.6 Å². The van der Waals surface area contributed by atoms with E-state index in [9.17, 15) is 17.8 Å². The van der Waals surface area contributed by atoms with Crippen LogP contribution in [0.1, 0.15) is 21.7 Å². The Labute approximate surface area is 247 Å². The Hall–Kier alpha value is -3.60. The lowest BCUT2D eigenvalue weighted by Gasteiger charge is -2.42. The van der Waals surface area contributed by atoms with Gasteiger partial charge in [-0.1, -0.05) is 17.3 Å². The number of nitrogens with one attached hydrogen (secondary N) is 2. The largest absolute Gasteiger partial charge is 0.488 e. The first-order valence-electron chi connectivity index (χ1n) is 13.8. The molecule has 230 valence electrons. The Balaban J connectivity index is 1.22. The van der Waals surface area contributed by atoms with Crippen molar-refractivity contribution in [1.82, 2.24) is 20.4 Å². The van der Waals surface area contributed by atoms with Crippen LogP contribution in [0, 0.1) is 5.82 Å². The highest BCUT2D eigenvalue weighted by Crippen LogP contribution is 2.43. The Kier molecular flexibility index (Phi) is 8.10. The standard InChI is InChI=1S/C28H32FN5O8S/c1-39-10-11-41-25-13-24-21(12-22(25)29)28(32-30-24,17-43(36,37)38)26-14-23(31-42-26)18-2-4-19(5-3-18)27(35)34-8-6-33(7-9-34)20-15-40-16-20/h2-5,12-14,20,30,32H,6-11,15-17H2,1H3,(H,36,37,38). The van der Waals surface area contributed by atoms with Crippen molar-refractivity contribution in [2.24, 2.45) is 0 Å². The smallest absolute Gasteiger partial charge is 0.267 e. The van der Waals surface area contributed by atoms with Crippen LogP contribution in [0.4, 0.5) is 10.1 Å². The molecule has 43 heavy (non-hydrogen) atoms. The van der Waals surface area contributed by atoms with Gasteiger partial charge < -0.3 is 29.1 Å². The number of hydrogen-bond acceptors (Lipinski definition) is 11. The van der Waals surface area contributed by atoms with E-state index in [0.29, 0.717) is 41.6 Å². The molecule has 4 heterocycles. The molecule has 1 unspecified atom stereocenters. The number of aromatic nitrogens is 1. The molecule has 2 aromatic carbocycles. The summed E-state index contributed by atoms with van der Waals surface area (Å²) in [4.78, 5) is 17.3. The van der Waals surface area contributed by atoms with Crippen LogP contribution in [-0.2, 0) is 25.1 Å². The van der Waals surface area contributed by atoms with Gasteiger partial charge in [0.2, 0.25) is 0 Å². The molecule has 1 amide bonds. The molecule has 3 aromatic rings. The van der Waals surface area contributed by atoms with Crippen LogP contribution >= 0.6 is 0 Å². The van der Waals surface area contributed by atoms with Gasteiger partial charge in [0.25, 0.3) is 16.0 Å². The number of rotatable bonds is 10. The van der Waals surface area contributed by atoms with Crippen LogP contribution < -0.4 is 15.6 Å². The average molecular weight is 618 g/mol. The molecule has 3 N–H and O–H groups in total. The molecular formula is C28H32FN5O8S. The molecule has 0 spiro atoms. The average Bonchev–Trinajstić information content (AvgIpc) is 3.58. The number of amides is 1. The zero-order chi connectivity index (χ0) is 30.2. The molecule has 0 aliphatic carbocycles. The molecule has 0 bridgehead atoms. The summed E-state index contributed by atoms with van der Waals surface area (Å²) in [6.07, 6.45) is 0. The van der Waals surface area contributed by atoms with E-state index in [1.807, 2.05) is 4.90 Å². The number of fused-ring (bicyclic) bond motifs is 1. The molecule has 3 aliphatic rings. The Morgan fingerprint density at radius 2 is 1.88 bits per heavy atom. The van der Waals surface area contributed by atoms with E-state index in [0.717, 1.165) is 32.4 Å². The summed E-state index contributed by atoms with van der Waals surface area (Å²) in [5.41, 5.74) is 5.99. The first-order valence-corrected chi connectivity index (χ1v) is 15.4. The van der Waals surface area contributed by atoms with E-state index in [1.54, 1.807) is 24.3 Å². The van der Waals surface area contributed by atoms with E-state index < -0.39 is 27.2 Å². The van der Waals surface area contributed by atoms with Crippen LogP contribution in [0.3, 0.4) is 0 Å². The van der Waals surface area contributed by atoms with Gasteiger partial charge in [-0.3, -0.25) is 14.2 Å². The normalized spacial score (nSPS) is 20.9. The molecule has 1 atom stereocenters. The summed E-state index contributed by atoms with van der Waals surface area (Å²) >= 11 is 0. The lowest BCUT2D eigenvalue weighted by atomic mass is 9.89. The van der Waals surface area contributed by atoms with Crippen molar-refractivity contribution in [3.8, 4) is 17.0 Å². The zero-order valence-corrected chi connectivity index (χ0v) is 24.2. The fourth-order valence-electron chi connectivity index (χ4n) is 5.55. The first kappa shape index (κ1) is 29.5. The van der Waals surface area contributed by atoms with E-state index >= 15 is 4.39 Å². The second-order valence-electron chi connectivity index (χ2n) is 10.7. The van der Waals surface area contributed by atoms with Gasteiger partial charge in [0, 0.05) is 62.1 Å². The minimum Gasteiger partial charge on any atom is -0.488 e. The van der Waals surface area contributed by atoms with E-state index in [4.69, 9.17) is 18.7 Å². The summed E-state index contributed by atoms with van der Waals surface area (Å²) in [6.45, 7) is 4.75. The highest BCUT2D eigenvalue weighted by Gasteiger charge is 2.48. The number of carbonyl (C=O) groups excluding carboxylic acids is 1. The Bertz CT molecular complexity index is 1590. The van der Waals surface area contributed by atoms with Crippen molar-refractivity contribution in [3.05, 3.63) is 65.2 Å². The number of methoxy groups -OCH3 is 1. The van der Waals surface area contributed by atoms with Gasteiger partial charge in [-0.25, -0.2) is 9.82 Å². The number of anilines is 1. The molecule has 2 fully saturated rings. The van der Waals surface area contributed by atoms with E-state index in [-0.39, 0.29) is 36.2 Å². The van der Waals surface area contributed by atoms with Crippen LogP contribution in [0.5, 0.6) is 5.75 Å². The molecular weight excluding hydrogens is 585 g/mol. The fourth-order valence-corrected chi connectivity index (χ4v) is 6.47. The van der Waals surface area contributed by atoms with E-state index in [1.165, 1.54) is 19.2 Å². The van der Waals surface area contributed by atoms with Crippen LogP contribution in [0.25, 0.3) is 11.3 Å². The summed E-state index contributed by atoms with van der Waals surface area (Å²) in [5.74, 6) is -1.70. The molecule has 6 rings (SSSR count). The van der Waals surface area contributed by atoms with Crippen molar-refractivity contribution in [2.75, 3.05) is 70.9 Å². The van der Waals surface area contributed by atoms with Gasteiger partial charge in [0.15, 0.2) is 17.3 Å². The van der Waals surface area contributed by atoms with Crippen LogP contribution in [0.2, 0.25) is 0 Å². The Morgan fingerprint density at radius 3 is 2.53 bits per heavy atom. The van der Waals surface area contributed by atoms with Gasteiger partial charge in [-0.2, -0.15) is 8.42 Å². The van der Waals surface area contributed by atoms with Crippen LogP contribution in [-0.4, -0.2) is 105 Å². The number of halogens is 1. The monoisotopic (exact) mass is 617 g/mol. The summed E-state index contributed by atoms with van der Waals surface area (Å²) in [6, 6.07) is 11.3. The highest BCUT2D eigenvalue weighted by atomic mass is 32.2. The summed E-state index contributed by atoms with van der Waals surface area (Å²) < 4.78 is 70.3. The number of nitrogens with zero attached hydrogens (tertiary/aromatic N) is 3. The number of benzene rings is 2. The molecule has 13 nitrogen and oxygen atoms in total. The minimum absolute atomic E-state index is 0.0220. The van der Waals surface area contributed by atoms with Gasteiger partial charge in [-0.15, -0.1) is 0 Å². The second-order valence-corrected chi connectivity index (χ2v) is 12.2. The molecule has 1 aromatic heterocycles. The number of piperazine rings is 1. The third kappa shape index (κ3) is 5.96. The van der Waals surface area contributed by atoms with Crippen molar-refractivity contribution >= 4 is 21.7 Å². The number of ether oxygens (including phenoxy) is 3. The number of hydrogen-bond donors (Lipinski definition) is 3. The van der Waals surface area contributed by atoms with Gasteiger partial charge >= 0.3 is 0 Å². The van der Waals surface area contributed by atoms with Crippen molar-refractivity contribution in [3.63, 3.8) is 0 Å². The molecule has 0 saturated carbocycles. The summed E-state index contributed by atoms with van der Waals surface area (Å²) in [5, 5.41) is 4.11. The lowest BCUT2D eigenvalue weighted by Crippen LogP contribution is -2.57. The molecule has 0 radical (unpaired) electrons. The topological polar surface area (TPSA) is 156 Å². The molecule has 3 aliphatic heterocycles. The number of hydrazine groups is 1. The number of carbonyl (C=O) groups is 1. The van der Waals surface area contributed by atoms with Crippen molar-refractivity contribution in [1.29, 1.82) is 0 Å². The minimum atomic E-state index is -4.60. The highest BCUT2D eigenvalue weighted by molar-refractivity contribution is 7.85. The molecule has 2 saturated heterocycles. The SMILES string of the molecule is COCCOc1cc2c(cc1F)C(CS(=O)(=O)O)(c1cc(-c3ccc(C(=O)N4CCN(C5COC5)CC4)cc3)no1)NN2. The van der Waals surface area contributed by atoms with Gasteiger partial charge in [0.1, 0.15) is 23.6 Å². The lowest BCUT2D eigenvalue weighted by molar-refractivity contribution is -0.0746. The van der Waals surface area contributed by atoms with E-state index in [2.05, 4.69) is 20.9 Å². The predicted octanol–water partition coefficient (Wildman–Crippen LogP) is 1.72. The first-order chi connectivity index (χ1) is 20.7. The zero-order valence-electron chi connectivity index (χ0n) is 23.4. The van der Waals surface area contributed by atoms with Gasteiger partial charge in [-0.05, 0) is 18.2 Å². The van der Waals surface area contributed by atoms with Gasteiger partial charge in [0.05, 0.1) is 31.5 Å². The second kappa shape index (κ2) is 11.8. The fraction of sp³-hybridized carbons (Fsp3) is 0.429.